The Bertz CT molecular complexity index is 482. The summed E-state index contributed by atoms with van der Waals surface area (Å²) in [4.78, 5) is 13.7. The number of nitrogens with zero attached hydrogens (tertiary/aromatic N) is 3. The van der Waals surface area contributed by atoms with Crippen molar-refractivity contribution < 1.29 is 9.53 Å². The van der Waals surface area contributed by atoms with Crippen LogP contribution in [0.4, 0.5) is 4.79 Å². The summed E-state index contributed by atoms with van der Waals surface area (Å²) >= 11 is 0. The van der Waals surface area contributed by atoms with E-state index in [2.05, 4.69) is 5.10 Å². The van der Waals surface area contributed by atoms with Gasteiger partial charge in [0.2, 0.25) is 0 Å². The fraction of sp³-hybridized carbons (Fsp3) is 0.714. The highest BCUT2D eigenvalue weighted by Gasteiger charge is 2.36. The lowest BCUT2D eigenvalue weighted by Crippen LogP contribution is -2.51. The zero-order valence-corrected chi connectivity index (χ0v) is 12.7. The SMILES string of the molecule is Cn1ccc(C2(N)CCN(C(=O)OC(C)(C)C)CC2)n1. The zero-order chi connectivity index (χ0) is 15.0. The lowest BCUT2D eigenvalue weighted by Gasteiger charge is -2.38. The number of carbonyl (C=O) groups excluding carboxylic acids is 1. The molecular weight excluding hydrogens is 256 g/mol. The quantitative estimate of drug-likeness (QED) is 0.848. The Hall–Kier alpha value is -1.56. The van der Waals surface area contributed by atoms with Gasteiger partial charge in [0.25, 0.3) is 0 Å². The molecule has 0 atom stereocenters. The summed E-state index contributed by atoms with van der Waals surface area (Å²) in [6, 6.07) is 1.95. The van der Waals surface area contributed by atoms with Crippen molar-refractivity contribution >= 4 is 6.09 Å². The Morgan fingerprint density at radius 1 is 1.40 bits per heavy atom. The number of carbonyl (C=O) groups is 1. The van der Waals surface area contributed by atoms with Gasteiger partial charge in [0.15, 0.2) is 0 Å². The first-order chi connectivity index (χ1) is 9.20. The topological polar surface area (TPSA) is 73.4 Å². The van der Waals surface area contributed by atoms with E-state index in [-0.39, 0.29) is 6.09 Å². The number of aromatic nitrogens is 2. The maximum Gasteiger partial charge on any atom is 0.410 e. The van der Waals surface area contributed by atoms with E-state index in [1.807, 2.05) is 40.1 Å². The monoisotopic (exact) mass is 280 g/mol. The number of hydrogen-bond donors (Lipinski definition) is 1. The average Bonchev–Trinajstić information content (AvgIpc) is 2.75. The summed E-state index contributed by atoms with van der Waals surface area (Å²) in [7, 11) is 1.88. The van der Waals surface area contributed by atoms with Gasteiger partial charge >= 0.3 is 6.09 Å². The van der Waals surface area contributed by atoms with E-state index in [4.69, 9.17) is 10.5 Å². The number of likely N-dealkylation sites (tertiary alicyclic amines) is 1. The number of rotatable bonds is 1. The second kappa shape index (κ2) is 5.09. The van der Waals surface area contributed by atoms with Crippen molar-refractivity contribution in [1.29, 1.82) is 0 Å². The first-order valence-corrected chi connectivity index (χ1v) is 6.97. The van der Waals surface area contributed by atoms with Crippen molar-refractivity contribution in [2.75, 3.05) is 13.1 Å². The maximum atomic E-state index is 12.0. The molecule has 0 radical (unpaired) electrons. The van der Waals surface area contributed by atoms with Gasteiger partial charge in [-0.25, -0.2) is 4.79 Å². The molecule has 0 aromatic carbocycles. The minimum atomic E-state index is -0.463. The molecule has 0 aliphatic carbocycles. The van der Waals surface area contributed by atoms with Crippen LogP contribution >= 0.6 is 0 Å². The highest BCUT2D eigenvalue weighted by atomic mass is 16.6. The molecule has 1 aliphatic rings. The second-order valence-corrected chi connectivity index (χ2v) is 6.50. The van der Waals surface area contributed by atoms with E-state index in [9.17, 15) is 4.79 Å². The molecule has 2 heterocycles. The van der Waals surface area contributed by atoms with Crippen molar-refractivity contribution in [3.05, 3.63) is 18.0 Å². The molecule has 6 heteroatoms. The normalized spacial score (nSPS) is 18.9. The molecule has 0 saturated carbocycles. The first kappa shape index (κ1) is 14.8. The van der Waals surface area contributed by atoms with Crippen LogP contribution < -0.4 is 5.73 Å². The van der Waals surface area contributed by atoms with Crippen molar-refractivity contribution in [3.8, 4) is 0 Å². The molecule has 1 fully saturated rings. The first-order valence-electron chi connectivity index (χ1n) is 6.97. The van der Waals surface area contributed by atoms with Gasteiger partial charge < -0.3 is 15.4 Å². The molecule has 2 rings (SSSR count). The largest absolute Gasteiger partial charge is 0.444 e. The Labute approximate surface area is 119 Å². The van der Waals surface area contributed by atoms with Gasteiger partial charge in [-0.15, -0.1) is 0 Å². The third-order valence-electron chi connectivity index (χ3n) is 3.53. The van der Waals surface area contributed by atoms with E-state index in [0.29, 0.717) is 25.9 Å². The molecule has 1 aromatic rings. The molecule has 2 N–H and O–H groups in total. The average molecular weight is 280 g/mol. The minimum absolute atomic E-state index is 0.263. The van der Waals surface area contributed by atoms with Crippen molar-refractivity contribution in [2.24, 2.45) is 12.8 Å². The van der Waals surface area contributed by atoms with Gasteiger partial charge in [0.05, 0.1) is 11.2 Å². The van der Waals surface area contributed by atoms with E-state index < -0.39 is 11.1 Å². The fourth-order valence-corrected chi connectivity index (χ4v) is 2.35. The molecule has 1 saturated heterocycles. The standard InChI is InChI=1S/C14H24N4O2/c1-13(2,3)20-12(19)18-9-6-14(15,7-10-18)11-5-8-17(4)16-11/h5,8H,6-7,9-10,15H2,1-4H3. The smallest absolute Gasteiger partial charge is 0.410 e. The number of ether oxygens (including phenoxy) is 1. The van der Waals surface area contributed by atoms with E-state index in [0.717, 1.165) is 5.69 Å². The van der Waals surface area contributed by atoms with Gasteiger partial charge in [-0.1, -0.05) is 0 Å². The molecule has 1 amide bonds. The van der Waals surface area contributed by atoms with Crippen LogP contribution in [0, 0.1) is 0 Å². The van der Waals surface area contributed by atoms with Crippen LogP contribution in [0.25, 0.3) is 0 Å². The summed E-state index contributed by atoms with van der Waals surface area (Å²) < 4.78 is 7.14. The van der Waals surface area contributed by atoms with Gasteiger partial charge in [0, 0.05) is 26.3 Å². The van der Waals surface area contributed by atoms with Gasteiger partial charge in [-0.3, -0.25) is 4.68 Å². The van der Waals surface area contributed by atoms with Crippen LogP contribution in [-0.2, 0) is 17.3 Å². The number of hydrogen-bond acceptors (Lipinski definition) is 4. The summed E-state index contributed by atoms with van der Waals surface area (Å²) in [5, 5.41) is 4.39. The molecule has 20 heavy (non-hydrogen) atoms. The van der Waals surface area contributed by atoms with Gasteiger partial charge in [-0.05, 0) is 39.7 Å². The molecule has 0 bridgehead atoms. The Balaban J connectivity index is 1.97. The van der Waals surface area contributed by atoms with Crippen LogP contribution in [-0.4, -0.2) is 39.5 Å². The molecule has 1 aromatic heterocycles. The number of aryl methyl sites for hydroxylation is 1. The van der Waals surface area contributed by atoms with Crippen molar-refractivity contribution in [2.45, 2.75) is 44.8 Å². The molecule has 6 nitrogen and oxygen atoms in total. The number of nitrogens with two attached hydrogens (primary N) is 1. The predicted molar refractivity (Wildman–Crippen MR) is 76.1 cm³/mol. The number of piperidine rings is 1. The van der Waals surface area contributed by atoms with Crippen molar-refractivity contribution in [3.63, 3.8) is 0 Å². The molecule has 112 valence electrons. The van der Waals surface area contributed by atoms with Gasteiger partial charge in [0.1, 0.15) is 5.60 Å². The summed E-state index contributed by atoms with van der Waals surface area (Å²) in [6.07, 6.45) is 3.03. The molecular formula is C14H24N4O2. The summed E-state index contributed by atoms with van der Waals surface area (Å²) in [5.41, 5.74) is 6.41. The summed E-state index contributed by atoms with van der Waals surface area (Å²) in [6.45, 7) is 6.81. The van der Waals surface area contributed by atoms with E-state index in [1.54, 1.807) is 9.58 Å². The van der Waals surface area contributed by atoms with E-state index >= 15 is 0 Å². The lowest BCUT2D eigenvalue weighted by atomic mass is 9.86. The zero-order valence-electron chi connectivity index (χ0n) is 12.7. The third-order valence-corrected chi connectivity index (χ3v) is 3.53. The molecule has 1 aliphatic heterocycles. The highest BCUT2D eigenvalue weighted by Crippen LogP contribution is 2.29. The maximum absolute atomic E-state index is 12.0. The predicted octanol–water partition coefficient (Wildman–Crippen LogP) is 1.60. The lowest BCUT2D eigenvalue weighted by molar-refractivity contribution is 0.0164. The van der Waals surface area contributed by atoms with Crippen LogP contribution in [0.1, 0.15) is 39.3 Å². The van der Waals surface area contributed by atoms with Crippen molar-refractivity contribution in [1.82, 2.24) is 14.7 Å². The van der Waals surface area contributed by atoms with Crippen LogP contribution in [0.5, 0.6) is 0 Å². The second-order valence-electron chi connectivity index (χ2n) is 6.50. The minimum Gasteiger partial charge on any atom is -0.444 e. The molecule has 0 spiro atoms. The van der Waals surface area contributed by atoms with Crippen LogP contribution in [0.2, 0.25) is 0 Å². The Kier molecular flexibility index (Phi) is 3.77. The third kappa shape index (κ3) is 3.30. The molecule has 0 unspecified atom stereocenters. The Morgan fingerprint density at radius 2 is 2.00 bits per heavy atom. The number of amides is 1. The van der Waals surface area contributed by atoms with Crippen LogP contribution in [0.15, 0.2) is 12.3 Å². The van der Waals surface area contributed by atoms with Gasteiger partial charge in [-0.2, -0.15) is 5.10 Å². The summed E-state index contributed by atoms with van der Waals surface area (Å²) in [5.74, 6) is 0. The highest BCUT2D eigenvalue weighted by molar-refractivity contribution is 5.68. The Morgan fingerprint density at radius 3 is 2.45 bits per heavy atom. The van der Waals surface area contributed by atoms with E-state index in [1.165, 1.54) is 0 Å². The van der Waals surface area contributed by atoms with Crippen LogP contribution in [0.3, 0.4) is 0 Å². The fourth-order valence-electron chi connectivity index (χ4n) is 2.35.